The fourth-order valence-corrected chi connectivity index (χ4v) is 3.47. The Labute approximate surface area is 129 Å². The van der Waals surface area contributed by atoms with Crippen LogP contribution in [0.3, 0.4) is 0 Å². The van der Waals surface area contributed by atoms with Gasteiger partial charge in [0.15, 0.2) is 0 Å². The maximum atomic E-state index is 12.5. The molecule has 0 amide bonds. The van der Waals surface area contributed by atoms with Crippen LogP contribution < -0.4 is 16.7 Å². The van der Waals surface area contributed by atoms with Crippen molar-refractivity contribution in [1.29, 1.82) is 0 Å². The molecule has 4 aromatic rings. The van der Waals surface area contributed by atoms with Gasteiger partial charge in [0.2, 0.25) is 5.95 Å². The average Bonchev–Trinajstić information content (AvgIpc) is 2.92. The summed E-state index contributed by atoms with van der Waals surface area (Å²) in [6, 6.07) is 17.3. The van der Waals surface area contributed by atoms with Gasteiger partial charge in [-0.3, -0.25) is 4.79 Å². The van der Waals surface area contributed by atoms with E-state index in [0.717, 1.165) is 20.4 Å². The molecule has 0 aliphatic carbocycles. The summed E-state index contributed by atoms with van der Waals surface area (Å²) in [6.07, 6.45) is 0. The maximum Gasteiger partial charge on any atom is 0.291 e. The summed E-state index contributed by atoms with van der Waals surface area (Å²) in [4.78, 5) is 17.0. The standard InChI is InChI=1S/C16H12N4OS/c17-20-15(21)14-13(11-8-4-5-9-12(11)22-14)19-16(20)18-10-6-2-1-3-7-10/h1-9H,17H2,(H,18,19). The number of aromatic nitrogens is 2. The predicted octanol–water partition coefficient (Wildman–Crippen LogP) is 3.07. The monoisotopic (exact) mass is 308 g/mol. The van der Waals surface area contributed by atoms with Gasteiger partial charge in [-0.1, -0.05) is 36.4 Å². The molecule has 0 bridgehead atoms. The Morgan fingerprint density at radius 1 is 1.05 bits per heavy atom. The van der Waals surface area contributed by atoms with E-state index in [1.807, 2.05) is 54.6 Å². The molecule has 0 spiro atoms. The molecule has 0 aliphatic rings. The second-order valence-electron chi connectivity index (χ2n) is 4.88. The van der Waals surface area contributed by atoms with Gasteiger partial charge in [0.25, 0.3) is 5.56 Å². The third-order valence-electron chi connectivity index (χ3n) is 3.46. The van der Waals surface area contributed by atoms with E-state index in [4.69, 9.17) is 5.84 Å². The number of nitrogens with one attached hydrogen (secondary N) is 1. The lowest BCUT2D eigenvalue weighted by Crippen LogP contribution is -2.29. The number of hydrogen-bond donors (Lipinski definition) is 2. The maximum absolute atomic E-state index is 12.5. The van der Waals surface area contributed by atoms with Crippen LogP contribution >= 0.6 is 11.3 Å². The highest BCUT2D eigenvalue weighted by molar-refractivity contribution is 7.25. The number of benzene rings is 2. The van der Waals surface area contributed by atoms with Gasteiger partial charge >= 0.3 is 0 Å². The highest BCUT2D eigenvalue weighted by Gasteiger charge is 2.14. The van der Waals surface area contributed by atoms with Gasteiger partial charge in [0.1, 0.15) is 4.70 Å². The Hall–Kier alpha value is -2.86. The molecule has 6 heteroatoms. The molecule has 108 valence electrons. The summed E-state index contributed by atoms with van der Waals surface area (Å²) < 4.78 is 2.66. The summed E-state index contributed by atoms with van der Waals surface area (Å²) in [7, 11) is 0. The zero-order valence-electron chi connectivity index (χ0n) is 11.5. The summed E-state index contributed by atoms with van der Waals surface area (Å²) >= 11 is 1.41. The summed E-state index contributed by atoms with van der Waals surface area (Å²) in [5.41, 5.74) is 1.27. The zero-order chi connectivity index (χ0) is 15.1. The summed E-state index contributed by atoms with van der Waals surface area (Å²) in [6.45, 7) is 0. The first-order valence-electron chi connectivity index (χ1n) is 6.75. The second kappa shape index (κ2) is 4.85. The van der Waals surface area contributed by atoms with E-state index in [2.05, 4.69) is 10.3 Å². The van der Waals surface area contributed by atoms with Gasteiger partial charge in [0, 0.05) is 15.8 Å². The molecule has 2 heterocycles. The number of nitrogens with zero attached hydrogens (tertiary/aromatic N) is 2. The topological polar surface area (TPSA) is 72.9 Å². The van der Waals surface area contributed by atoms with Gasteiger partial charge < -0.3 is 11.2 Å². The number of anilines is 2. The fraction of sp³-hybridized carbons (Fsp3) is 0. The number of rotatable bonds is 2. The molecule has 0 unspecified atom stereocenters. The van der Waals surface area contributed by atoms with Gasteiger partial charge in [-0.25, -0.2) is 4.98 Å². The smallest absolute Gasteiger partial charge is 0.291 e. The third kappa shape index (κ3) is 1.93. The highest BCUT2D eigenvalue weighted by Crippen LogP contribution is 2.30. The molecule has 0 fully saturated rings. The SMILES string of the molecule is Nn1c(Nc2ccccc2)nc2c(sc3ccccc32)c1=O. The van der Waals surface area contributed by atoms with E-state index in [1.54, 1.807) is 0 Å². The second-order valence-corrected chi connectivity index (χ2v) is 5.93. The number of hydrogen-bond acceptors (Lipinski definition) is 5. The lowest BCUT2D eigenvalue weighted by Gasteiger charge is -2.09. The number of nitrogens with two attached hydrogens (primary N) is 1. The van der Waals surface area contributed by atoms with Gasteiger partial charge in [-0.15, -0.1) is 11.3 Å². The van der Waals surface area contributed by atoms with Crippen molar-refractivity contribution in [2.75, 3.05) is 11.2 Å². The van der Waals surface area contributed by atoms with Gasteiger partial charge in [0.05, 0.1) is 5.52 Å². The van der Waals surface area contributed by atoms with E-state index in [-0.39, 0.29) is 5.56 Å². The molecule has 0 aliphatic heterocycles. The van der Waals surface area contributed by atoms with Gasteiger partial charge in [-0.05, 0) is 18.2 Å². The molecule has 0 radical (unpaired) electrons. The van der Waals surface area contributed by atoms with Gasteiger partial charge in [-0.2, -0.15) is 4.68 Å². The van der Waals surface area contributed by atoms with E-state index in [9.17, 15) is 4.79 Å². The zero-order valence-corrected chi connectivity index (χ0v) is 12.3. The van der Waals surface area contributed by atoms with E-state index in [0.29, 0.717) is 16.2 Å². The molecule has 4 rings (SSSR count). The Kier molecular flexibility index (Phi) is 2.83. The van der Waals surface area contributed by atoms with Crippen molar-refractivity contribution < 1.29 is 0 Å². The van der Waals surface area contributed by atoms with Crippen LogP contribution in [0.15, 0.2) is 59.4 Å². The van der Waals surface area contributed by atoms with Crippen LogP contribution in [0.25, 0.3) is 20.3 Å². The lowest BCUT2D eigenvalue weighted by molar-refractivity contribution is 0.930. The van der Waals surface area contributed by atoms with Crippen molar-refractivity contribution in [1.82, 2.24) is 9.66 Å². The van der Waals surface area contributed by atoms with Crippen molar-refractivity contribution in [3.63, 3.8) is 0 Å². The van der Waals surface area contributed by atoms with Crippen LogP contribution in [-0.2, 0) is 0 Å². The molecule has 2 aromatic carbocycles. The van der Waals surface area contributed by atoms with E-state index >= 15 is 0 Å². The van der Waals surface area contributed by atoms with Crippen LogP contribution in [0.1, 0.15) is 0 Å². The van der Waals surface area contributed by atoms with E-state index < -0.39 is 0 Å². The molecule has 0 atom stereocenters. The van der Waals surface area contributed by atoms with Crippen LogP contribution in [0.4, 0.5) is 11.6 Å². The first kappa shape index (κ1) is 12.8. The number of fused-ring (bicyclic) bond motifs is 3. The van der Waals surface area contributed by atoms with E-state index in [1.165, 1.54) is 11.3 Å². The quantitative estimate of drug-likeness (QED) is 0.558. The summed E-state index contributed by atoms with van der Waals surface area (Å²) in [5, 5.41) is 4.06. The number of thiophene rings is 1. The molecular formula is C16H12N4OS. The minimum atomic E-state index is -0.246. The third-order valence-corrected chi connectivity index (χ3v) is 4.61. The fourth-order valence-electron chi connectivity index (χ4n) is 2.39. The predicted molar refractivity (Wildman–Crippen MR) is 91.3 cm³/mol. The van der Waals surface area contributed by atoms with Crippen molar-refractivity contribution in [3.05, 3.63) is 65.0 Å². The summed E-state index contributed by atoms with van der Waals surface area (Å²) in [5.74, 6) is 6.23. The Balaban J connectivity index is 1.97. The molecule has 5 nitrogen and oxygen atoms in total. The molecule has 22 heavy (non-hydrogen) atoms. The van der Waals surface area contributed by atoms with Crippen molar-refractivity contribution in [2.24, 2.45) is 0 Å². The molecule has 2 aromatic heterocycles. The molecule has 0 saturated heterocycles. The van der Waals surface area contributed by atoms with Crippen molar-refractivity contribution in [2.45, 2.75) is 0 Å². The van der Waals surface area contributed by atoms with Crippen LogP contribution in [-0.4, -0.2) is 9.66 Å². The van der Waals surface area contributed by atoms with Crippen LogP contribution in [0.5, 0.6) is 0 Å². The molecule has 0 saturated carbocycles. The lowest BCUT2D eigenvalue weighted by atomic mass is 10.2. The Morgan fingerprint density at radius 2 is 1.77 bits per heavy atom. The number of para-hydroxylation sites is 1. The minimum absolute atomic E-state index is 0.246. The normalized spacial score (nSPS) is 11.1. The first-order valence-corrected chi connectivity index (χ1v) is 7.57. The minimum Gasteiger partial charge on any atom is -0.333 e. The Bertz CT molecular complexity index is 1040. The van der Waals surface area contributed by atoms with Crippen molar-refractivity contribution in [3.8, 4) is 0 Å². The molecule has 3 N–H and O–H groups in total. The Morgan fingerprint density at radius 3 is 2.59 bits per heavy atom. The first-order chi connectivity index (χ1) is 10.7. The van der Waals surface area contributed by atoms with Crippen molar-refractivity contribution >= 4 is 43.3 Å². The highest BCUT2D eigenvalue weighted by atomic mass is 32.1. The average molecular weight is 308 g/mol. The van der Waals surface area contributed by atoms with Crippen LogP contribution in [0.2, 0.25) is 0 Å². The van der Waals surface area contributed by atoms with Crippen LogP contribution in [0, 0.1) is 0 Å². The number of nitrogen functional groups attached to an aromatic ring is 1. The largest absolute Gasteiger partial charge is 0.333 e. The molecular weight excluding hydrogens is 296 g/mol.